The number of carbonyl (C=O) groups is 1. The summed E-state index contributed by atoms with van der Waals surface area (Å²) < 4.78 is 2.58. The SMILES string of the molecule is O=C(NCCN1CC2CCC1CC2)c1cnc2c(c1)[nH]c(=O)c1c2nn2cc(Br)sc12. The zero-order valence-electron chi connectivity index (χ0n) is 16.7. The highest BCUT2D eigenvalue weighted by Crippen LogP contribution is 2.34. The van der Waals surface area contributed by atoms with Gasteiger partial charge in [-0.1, -0.05) is 0 Å². The van der Waals surface area contributed by atoms with Crippen LogP contribution in [0.3, 0.4) is 0 Å². The molecule has 160 valence electrons. The highest BCUT2D eigenvalue weighted by molar-refractivity contribution is 9.11. The third-order valence-electron chi connectivity index (χ3n) is 6.64. The fraction of sp³-hybridized carbons (Fsp3) is 0.429. The number of nitrogens with one attached hydrogen (secondary N) is 2. The van der Waals surface area contributed by atoms with Crippen molar-refractivity contribution in [1.82, 2.24) is 29.8 Å². The maximum absolute atomic E-state index is 12.7. The van der Waals surface area contributed by atoms with Gasteiger partial charge in [0.05, 0.1) is 21.1 Å². The van der Waals surface area contributed by atoms with Gasteiger partial charge in [0.15, 0.2) is 0 Å². The van der Waals surface area contributed by atoms with Gasteiger partial charge in [-0.3, -0.25) is 19.5 Å². The average Bonchev–Trinajstić information content (AvgIpc) is 3.30. The number of carbonyl (C=O) groups excluding carboxylic acids is 1. The summed E-state index contributed by atoms with van der Waals surface area (Å²) in [4.78, 5) is 36.0. The van der Waals surface area contributed by atoms with Crippen LogP contribution in [-0.4, -0.2) is 56.1 Å². The number of thiazole rings is 1. The van der Waals surface area contributed by atoms with Crippen LogP contribution in [-0.2, 0) is 0 Å². The van der Waals surface area contributed by atoms with Crippen molar-refractivity contribution in [1.29, 1.82) is 0 Å². The summed E-state index contributed by atoms with van der Waals surface area (Å²) in [6.07, 6.45) is 8.67. The molecule has 8 nitrogen and oxygen atoms in total. The van der Waals surface area contributed by atoms with Gasteiger partial charge in [0.1, 0.15) is 21.3 Å². The molecule has 1 saturated carbocycles. The smallest absolute Gasteiger partial charge is 0.261 e. The molecule has 2 saturated heterocycles. The minimum atomic E-state index is -0.230. The molecule has 4 aromatic rings. The zero-order chi connectivity index (χ0) is 21.1. The molecule has 0 spiro atoms. The third kappa shape index (κ3) is 3.28. The second-order valence-corrected chi connectivity index (χ2v) is 10.9. The molecule has 10 heteroatoms. The van der Waals surface area contributed by atoms with Crippen molar-refractivity contribution in [2.45, 2.75) is 31.7 Å². The number of halogens is 1. The van der Waals surface area contributed by atoms with Crippen molar-refractivity contribution in [3.8, 4) is 0 Å². The van der Waals surface area contributed by atoms with E-state index in [4.69, 9.17) is 0 Å². The lowest BCUT2D eigenvalue weighted by atomic mass is 9.80. The minimum absolute atomic E-state index is 0.174. The lowest BCUT2D eigenvalue weighted by Gasteiger charge is -2.45. The number of piperidine rings is 2. The molecule has 3 aliphatic rings. The number of hydrogen-bond acceptors (Lipinski definition) is 6. The van der Waals surface area contributed by atoms with Gasteiger partial charge in [-0.2, -0.15) is 5.10 Å². The van der Waals surface area contributed by atoms with E-state index in [1.165, 1.54) is 37.0 Å². The minimum Gasteiger partial charge on any atom is -0.351 e. The van der Waals surface area contributed by atoms with Crippen LogP contribution in [0, 0.1) is 5.92 Å². The number of hydrogen-bond donors (Lipinski definition) is 2. The maximum Gasteiger partial charge on any atom is 0.261 e. The quantitative estimate of drug-likeness (QED) is 0.448. The predicted octanol–water partition coefficient (Wildman–Crippen LogP) is 3.15. The largest absolute Gasteiger partial charge is 0.351 e. The molecule has 31 heavy (non-hydrogen) atoms. The first-order valence-electron chi connectivity index (χ1n) is 10.6. The van der Waals surface area contributed by atoms with E-state index >= 15 is 0 Å². The monoisotopic (exact) mass is 500 g/mol. The molecule has 2 bridgehead atoms. The van der Waals surface area contributed by atoms with Crippen molar-refractivity contribution in [3.05, 3.63) is 38.2 Å². The molecule has 2 N–H and O–H groups in total. The first kappa shape index (κ1) is 19.4. The topological polar surface area (TPSA) is 95.4 Å². The Morgan fingerprint density at radius 1 is 1.29 bits per heavy atom. The summed E-state index contributed by atoms with van der Waals surface area (Å²) in [5, 5.41) is 8.06. The van der Waals surface area contributed by atoms with Crippen LogP contribution in [0.15, 0.2) is 27.0 Å². The van der Waals surface area contributed by atoms with E-state index in [-0.39, 0.29) is 11.5 Å². The maximum atomic E-state index is 12.7. The first-order chi connectivity index (χ1) is 15.1. The van der Waals surface area contributed by atoms with Crippen molar-refractivity contribution in [3.63, 3.8) is 0 Å². The van der Waals surface area contributed by atoms with Crippen LogP contribution in [0.2, 0.25) is 0 Å². The van der Waals surface area contributed by atoms with Gasteiger partial charge < -0.3 is 10.3 Å². The zero-order valence-corrected chi connectivity index (χ0v) is 19.1. The fourth-order valence-corrected chi connectivity index (χ4v) is 6.58. The van der Waals surface area contributed by atoms with Crippen molar-refractivity contribution >= 4 is 59.9 Å². The number of pyridine rings is 2. The van der Waals surface area contributed by atoms with Crippen LogP contribution in [0.1, 0.15) is 36.0 Å². The Morgan fingerprint density at radius 2 is 2.13 bits per heavy atom. The molecular weight excluding hydrogens is 480 g/mol. The summed E-state index contributed by atoms with van der Waals surface area (Å²) in [5.41, 5.74) is 1.85. The van der Waals surface area contributed by atoms with Crippen molar-refractivity contribution in [2.24, 2.45) is 5.92 Å². The molecule has 3 fully saturated rings. The fourth-order valence-electron chi connectivity index (χ4n) is 5.11. The summed E-state index contributed by atoms with van der Waals surface area (Å²) in [6, 6.07) is 2.37. The van der Waals surface area contributed by atoms with Gasteiger partial charge in [-0.05, 0) is 53.6 Å². The summed E-state index contributed by atoms with van der Waals surface area (Å²) in [5.74, 6) is 0.658. The van der Waals surface area contributed by atoms with Crippen molar-refractivity contribution < 1.29 is 4.79 Å². The van der Waals surface area contributed by atoms with Crippen LogP contribution >= 0.6 is 27.3 Å². The highest BCUT2D eigenvalue weighted by Gasteiger charge is 2.33. The van der Waals surface area contributed by atoms with Gasteiger partial charge >= 0.3 is 0 Å². The van der Waals surface area contributed by atoms with Crippen molar-refractivity contribution in [2.75, 3.05) is 19.6 Å². The van der Waals surface area contributed by atoms with Crippen LogP contribution < -0.4 is 10.9 Å². The Kier molecular flexibility index (Phi) is 4.62. The second-order valence-electron chi connectivity index (χ2n) is 8.51. The van der Waals surface area contributed by atoms with Crippen LogP contribution in [0.4, 0.5) is 0 Å². The Morgan fingerprint density at radius 3 is 2.90 bits per heavy atom. The molecule has 0 atom stereocenters. The number of rotatable bonds is 4. The number of aromatic amines is 1. The molecule has 2 aliphatic heterocycles. The number of H-pyrrole nitrogens is 1. The Labute approximate surface area is 189 Å². The van der Waals surface area contributed by atoms with Gasteiger partial charge in [-0.25, -0.2) is 4.52 Å². The van der Waals surface area contributed by atoms with E-state index < -0.39 is 0 Å². The van der Waals surface area contributed by atoms with Gasteiger partial charge in [0.25, 0.3) is 11.5 Å². The molecule has 1 amide bonds. The van der Waals surface area contributed by atoms with E-state index in [0.717, 1.165) is 27.6 Å². The first-order valence-corrected chi connectivity index (χ1v) is 12.2. The van der Waals surface area contributed by atoms with Gasteiger partial charge in [0.2, 0.25) is 0 Å². The van der Waals surface area contributed by atoms with Gasteiger partial charge in [0, 0.05) is 31.9 Å². The van der Waals surface area contributed by atoms with E-state index in [1.807, 2.05) is 6.20 Å². The standard InChI is InChI=1S/C21H21BrN6O2S/c22-15-10-28-21(31-15)16-18(26-28)17-14(25-20(16)30)7-12(8-24-17)19(29)23-5-6-27-9-11-1-3-13(27)4-2-11/h7-8,10-11,13H,1-6,9H2,(H,23,29)(H,25,30). The Hall–Kier alpha value is -2.30. The lowest BCUT2D eigenvalue weighted by Crippen LogP contribution is -2.50. The summed E-state index contributed by atoms with van der Waals surface area (Å²) in [6.45, 7) is 2.65. The van der Waals surface area contributed by atoms with E-state index in [1.54, 1.807) is 16.8 Å². The number of fused-ring (bicyclic) bond motifs is 8. The van der Waals surface area contributed by atoms with Gasteiger partial charge in [-0.15, -0.1) is 11.3 Å². The highest BCUT2D eigenvalue weighted by atomic mass is 79.9. The van der Waals surface area contributed by atoms with Crippen LogP contribution in [0.25, 0.3) is 26.8 Å². The van der Waals surface area contributed by atoms with E-state index in [0.29, 0.717) is 40.1 Å². The summed E-state index contributed by atoms with van der Waals surface area (Å²) in [7, 11) is 0. The second kappa shape index (κ2) is 7.39. The average molecular weight is 501 g/mol. The number of amides is 1. The van der Waals surface area contributed by atoms with Crippen LogP contribution in [0.5, 0.6) is 0 Å². The van der Waals surface area contributed by atoms with E-state index in [9.17, 15) is 9.59 Å². The molecule has 0 unspecified atom stereocenters. The third-order valence-corrected chi connectivity index (χ3v) is 8.22. The number of nitrogens with zero attached hydrogens (tertiary/aromatic N) is 4. The molecule has 7 rings (SSSR count). The molecule has 0 aromatic carbocycles. The molecule has 4 aromatic heterocycles. The Bertz CT molecular complexity index is 1380. The normalized spacial score (nSPS) is 21.5. The number of aromatic nitrogens is 4. The predicted molar refractivity (Wildman–Crippen MR) is 124 cm³/mol. The lowest BCUT2D eigenvalue weighted by molar-refractivity contribution is 0.0494. The molecular formula is C21H21BrN6O2S. The molecule has 1 aliphatic carbocycles. The van der Waals surface area contributed by atoms with E-state index in [2.05, 4.69) is 41.2 Å². The molecule has 0 radical (unpaired) electrons. The summed E-state index contributed by atoms with van der Waals surface area (Å²) >= 11 is 4.87. The Balaban J connectivity index is 1.23. The molecule has 6 heterocycles.